The summed E-state index contributed by atoms with van der Waals surface area (Å²) in [5.41, 5.74) is 2.93. The summed E-state index contributed by atoms with van der Waals surface area (Å²) in [7, 11) is 0. The number of nitrogens with zero attached hydrogens (tertiary/aromatic N) is 4. The van der Waals surface area contributed by atoms with Gasteiger partial charge in [-0.15, -0.1) is 10.2 Å². The largest absolute Gasteiger partial charge is 0.236 e. The fraction of sp³-hybridized carbons (Fsp3) is 0.118. The van der Waals surface area contributed by atoms with E-state index in [1.807, 2.05) is 44.2 Å². The molecule has 0 bridgehead atoms. The minimum Gasteiger partial charge on any atom is -0.236 e. The first kappa shape index (κ1) is 15.0. The number of hydrogen-bond donors (Lipinski definition) is 0. The van der Waals surface area contributed by atoms with Crippen molar-refractivity contribution in [3.63, 3.8) is 0 Å². The lowest BCUT2D eigenvalue weighted by molar-refractivity contribution is 0.584. The van der Waals surface area contributed by atoms with Crippen molar-refractivity contribution < 1.29 is 8.78 Å². The van der Waals surface area contributed by atoms with E-state index in [0.29, 0.717) is 11.4 Å². The Morgan fingerprint density at radius 2 is 1.70 bits per heavy atom. The van der Waals surface area contributed by atoms with Crippen LogP contribution in [0.3, 0.4) is 0 Å². The van der Waals surface area contributed by atoms with Crippen molar-refractivity contribution >= 4 is 11.4 Å². The lowest BCUT2D eigenvalue weighted by Gasteiger charge is -2.03. The van der Waals surface area contributed by atoms with Gasteiger partial charge in [-0.05, 0) is 38.1 Å². The van der Waals surface area contributed by atoms with Crippen LogP contribution in [0.15, 0.2) is 58.8 Å². The van der Waals surface area contributed by atoms with Gasteiger partial charge in [0.1, 0.15) is 17.2 Å². The third-order valence-corrected chi connectivity index (χ3v) is 3.42. The van der Waals surface area contributed by atoms with Crippen LogP contribution in [-0.4, -0.2) is 9.78 Å². The van der Waals surface area contributed by atoms with E-state index in [-0.39, 0.29) is 5.69 Å². The predicted molar refractivity (Wildman–Crippen MR) is 83.6 cm³/mol. The highest BCUT2D eigenvalue weighted by molar-refractivity contribution is 5.50. The van der Waals surface area contributed by atoms with Gasteiger partial charge in [0, 0.05) is 6.07 Å². The van der Waals surface area contributed by atoms with Crippen molar-refractivity contribution in [2.24, 2.45) is 10.2 Å². The number of aromatic nitrogens is 2. The van der Waals surface area contributed by atoms with Crippen LogP contribution in [0.5, 0.6) is 0 Å². The van der Waals surface area contributed by atoms with Crippen LogP contribution in [0.2, 0.25) is 0 Å². The summed E-state index contributed by atoms with van der Waals surface area (Å²) in [6, 6.07) is 12.8. The van der Waals surface area contributed by atoms with Crippen molar-refractivity contribution in [1.29, 1.82) is 0 Å². The summed E-state index contributed by atoms with van der Waals surface area (Å²) in [4.78, 5) is 0. The van der Waals surface area contributed by atoms with Gasteiger partial charge in [-0.3, -0.25) is 0 Å². The summed E-state index contributed by atoms with van der Waals surface area (Å²) in [5, 5.41) is 12.4. The molecule has 0 aliphatic heterocycles. The number of azo groups is 1. The molecule has 0 fully saturated rings. The number of rotatable bonds is 3. The fourth-order valence-electron chi connectivity index (χ4n) is 2.27. The second kappa shape index (κ2) is 6.08. The van der Waals surface area contributed by atoms with Crippen LogP contribution in [-0.2, 0) is 0 Å². The number of aryl methyl sites for hydroxylation is 1. The summed E-state index contributed by atoms with van der Waals surface area (Å²) < 4.78 is 28.3. The van der Waals surface area contributed by atoms with E-state index in [1.54, 1.807) is 4.68 Å². The third kappa shape index (κ3) is 3.01. The van der Waals surface area contributed by atoms with E-state index in [1.165, 1.54) is 6.07 Å². The first-order valence-electron chi connectivity index (χ1n) is 7.04. The van der Waals surface area contributed by atoms with Gasteiger partial charge in [-0.25, -0.2) is 13.5 Å². The van der Waals surface area contributed by atoms with Gasteiger partial charge in [-0.2, -0.15) is 5.10 Å². The molecule has 0 atom stereocenters. The molecule has 0 saturated heterocycles. The maximum Gasteiger partial charge on any atom is 0.153 e. The molecule has 3 aromatic rings. The van der Waals surface area contributed by atoms with Crippen molar-refractivity contribution in [2.45, 2.75) is 13.8 Å². The molecule has 1 aromatic heterocycles. The molecule has 0 aliphatic rings. The zero-order chi connectivity index (χ0) is 16.4. The van der Waals surface area contributed by atoms with E-state index in [0.717, 1.165) is 23.5 Å². The first-order chi connectivity index (χ1) is 11.1. The molecule has 116 valence electrons. The zero-order valence-electron chi connectivity index (χ0n) is 12.7. The monoisotopic (exact) mass is 312 g/mol. The lowest BCUT2D eigenvalue weighted by atomic mass is 10.3. The van der Waals surface area contributed by atoms with Crippen LogP contribution in [0.1, 0.15) is 11.4 Å². The Morgan fingerprint density at radius 3 is 2.39 bits per heavy atom. The van der Waals surface area contributed by atoms with Gasteiger partial charge in [0.05, 0.1) is 17.1 Å². The normalized spacial score (nSPS) is 11.3. The van der Waals surface area contributed by atoms with Crippen LogP contribution in [0, 0.1) is 25.5 Å². The zero-order valence-corrected chi connectivity index (χ0v) is 12.7. The van der Waals surface area contributed by atoms with E-state index >= 15 is 0 Å². The van der Waals surface area contributed by atoms with Crippen molar-refractivity contribution in [3.05, 3.63) is 71.6 Å². The molecule has 3 rings (SSSR count). The maximum atomic E-state index is 13.6. The van der Waals surface area contributed by atoms with Gasteiger partial charge < -0.3 is 0 Å². The van der Waals surface area contributed by atoms with Crippen LogP contribution < -0.4 is 0 Å². The molecule has 0 aliphatic carbocycles. The number of para-hydroxylation sites is 1. The molecule has 0 saturated carbocycles. The van der Waals surface area contributed by atoms with Crippen LogP contribution in [0.4, 0.5) is 20.2 Å². The molecule has 2 aromatic carbocycles. The summed E-state index contributed by atoms with van der Waals surface area (Å²) >= 11 is 0. The Hall–Kier alpha value is -2.89. The molecule has 23 heavy (non-hydrogen) atoms. The standard InChI is InChI=1S/C17H14F2N4/c1-11-17(21-20-16-9-8-13(18)10-15(16)19)12(2)23(22-11)14-6-4-3-5-7-14/h3-10H,1-2H3. The molecular formula is C17H14F2N4. The molecule has 0 unspecified atom stereocenters. The molecule has 1 heterocycles. The molecule has 6 heteroatoms. The van der Waals surface area contributed by atoms with Crippen molar-refractivity contribution in [1.82, 2.24) is 9.78 Å². The quantitative estimate of drug-likeness (QED) is 0.614. The van der Waals surface area contributed by atoms with Crippen molar-refractivity contribution in [3.8, 4) is 5.69 Å². The van der Waals surface area contributed by atoms with Gasteiger partial charge in [-0.1, -0.05) is 18.2 Å². The van der Waals surface area contributed by atoms with Crippen molar-refractivity contribution in [2.75, 3.05) is 0 Å². The minimum atomic E-state index is -0.750. The fourth-order valence-corrected chi connectivity index (χ4v) is 2.27. The maximum absolute atomic E-state index is 13.6. The molecule has 4 nitrogen and oxygen atoms in total. The molecule has 0 N–H and O–H groups in total. The smallest absolute Gasteiger partial charge is 0.153 e. The lowest BCUT2D eigenvalue weighted by Crippen LogP contribution is -1.98. The van der Waals surface area contributed by atoms with Gasteiger partial charge in [0.25, 0.3) is 0 Å². The summed E-state index contributed by atoms with van der Waals surface area (Å²) in [6.07, 6.45) is 0. The average molecular weight is 312 g/mol. The summed E-state index contributed by atoms with van der Waals surface area (Å²) in [5.74, 6) is -1.40. The predicted octanol–water partition coefficient (Wildman–Crippen LogP) is 5.18. The number of halogens is 2. The minimum absolute atomic E-state index is 0.0161. The average Bonchev–Trinajstić information content (AvgIpc) is 2.82. The summed E-state index contributed by atoms with van der Waals surface area (Å²) in [6.45, 7) is 3.67. The Kier molecular flexibility index (Phi) is 3.97. The Labute approximate surface area is 132 Å². The first-order valence-corrected chi connectivity index (χ1v) is 7.04. The number of benzene rings is 2. The highest BCUT2D eigenvalue weighted by Crippen LogP contribution is 2.28. The second-order valence-electron chi connectivity index (χ2n) is 5.06. The SMILES string of the molecule is Cc1nn(-c2ccccc2)c(C)c1N=Nc1ccc(F)cc1F. The van der Waals surface area contributed by atoms with Gasteiger partial charge in [0.15, 0.2) is 5.82 Å². The Morgan fingerprint density at radius 1 is 0.957 bits per heavy atom. The van der Waals surface area contributed by atoms with E-state index in [4.69, 9.17) is 0 Å². The van der Waals surface area contributed by atoms with Gasteiger partial charge >= 0.3 is 0 Å². The van der Waals surface area contributed by atoms with E-state index in [2.05, 4.69) is 15.3 Å². The van der Waals surface area contributed by atoms with E-state index < -0.39 is 11.6 Å². The Bertz CT molecular complexity index is 870. The highest BCUT2D eigenvalue weighted by atomic mass is 19.1. The topological polar surface area (TPSA) is 42.5 Å². The van der Waals surface area contributed by atoms with Gasteiger partial charge in [0.2, 0.25) is 0 Å². The second-order valence-corrected chi connectivity index (χ2v) is 5.06. The molecule has 0 spiro atoms. The molecule has 0 amide bonds. The van der Waals surface area contributed by atoms with Crippen LogP contribution >= 0.6 is 0 Å². The van der Waals surface area contributed by atoms with E-state index in [9.17, 15) is 8.78 Å². The Balaban J connectivity index is 1.98. The highest BCUT2D eigenvalue weighted by Gasteiger charge is 2.12. The molecule has 0 radical (unpaired) electrons. The third-order valence-electron chi connectivity index (χ3n) is 3.42. The number of hydrogen-bond acceptors (Lipinski definition) is 3. The molecular weight excluding hydrogens is 298 g/mol. The van der Waals surface area contributed by atoms with Crippen LogP contribution in [0.25, 0.3) is 5.69 Å².